The van der Waals surface area contributed by atoms with Crippen LogP contribution in [0.15, 0.2) is 69.6 Å². The molecule has 3 aromatic rings. The molecule has 0 saturated heterocycles. The number of hydrogen-bond acceptors (Lipinski definition) is 4. The zero-order chi connectivity index (χ0) is 28.7. The third kappa shape index (κ3) is 10.3. The van der Waals surface area contributed by atoms with Gasteiger partial charge in [-0.2, -0.15) is 0 Å². The summed E-state index contributed by atoms with van der Waals surface area (Å²) >= 11 is 6.90. The second-order valence-electron chi connectivity index (χ2n) is 9.58. The predicted octanol–water partition coefficient (Wildman–Crippen LogP) is 9.63. The molecular formula is C32H38Br2N2O4. The lowest BCUT2D eigenvalue weighted by Crippen LogP contribution is -2.15. The molecule has 214 valence electrons. The van der Waals surface area contributed by atoms with Crippen LogP contribution in [-0.4, -0.2) is 25.0 Å². The first-order valence-corrected chi connectivity index (χ1v) is 15.6. The number of ether oxygens (including phenoxy) is 2. The average molecular weight is 674 g/mol. The minimum absolute atomic E-state index is 0.267. The highest BCUT2D eigenvalue weighted by Crippen LogP contribution is 2.27. The third-order valence-corrected chi connectivity index (χ3v) is 7.27. The van der Waals surface area contributed by atoms with Gasteiger partial charge in [0, 0.05) is 20.3 Å². The molecule has 8 heteroatoms. The van der Waals surface area contributed by atoms with Crippen molar-refractivity contribution in [3.8, 4) is 11.5 Å². The number of anilines is 2. The van der Waals surface area contributed by atoms with Crippen LogP contribution in [0.5, 0.6) is 11.5 Å². The van der Waals surface area contributed by atoms with Gasteiger partial charge in [0.05, 0.1) is 24.3 Å². The lowest BCUT2D eigenvalue weighted by molar-refractivity contribution is 0.101. The molecule has 0 atom stereocenters. The van der Waals surface area contributed by atoms with E-state index in [-0.39, 0.29) is 11.8 Å². The van der Waals surface area contributed by atoms with E-state index in [2.05, 4.69) is 56.3 Å². The van der Waals surface area contributed by atoms with E-state index in [1.54, 1.807) is 36.4 Å². The van der Waals surface area contributed by atoms with Gasteiger partial charge in [-0.25, -0.2) is 0 Å². The number of hydrogen-bond donors (Lipinski definition) is 2. The minimum Gasteiger partial charge on any atom is -0.493 e. The topological polar surface area (TPSA) is 76.7 Å². The third-order valence-electron chi connectivity index (χ3n) is 6.28. The van der Waals surface area contributed by atoms with Gasteiger partial charge in [-0.15, -0.1) is 0 Å². The van der Waals surface area contributed by atoms with Crippen LogP contribution in [0, 0.1) is 0 Å². The molecule has 40 heavy (non-hydrogen) atoms. The number of rotatable bonds is 16. The molecule has 0 aromatic heterocycles. The molecule has 0 aliphatic rings. The van der Waals surface area contributed by atoms with E-state index < -0.39 is 0 Å². The Morgan fingerprint density at radius 2 is 1.00 bits per heavy atom. The Kier molecular flexibility index (Phi) is 13.5. The van der Waals surface area contributed by atoms with Crippen LogP contribution in [0.3, 0.4) is 0 Å². The first kappa shape index (κ1) is 31.7. The molecule has 3 aromatic carbocycles. The minimum atomic E-state index is -0.267. The first-order valence-electron chi connectivity index (χ1n) is 14.0. The van der Waals surface area contributed by atoms with E-state index >= 15 is 0 Å². The van der Waals surface area contributed by atoms with Crippen LogP contribution in [0.25, 0.3) is 0 Å². The second-order valence-corrected chi connectivity index (χ2v) is 11.4. The van der Waals surface area contributed by atoms with Crippen LogP contribution in [0.4, 0.5) is 11.4 Å². The summed E-state index contributed by atoms with van der Waals surface area (Å²) in [6.45, 7) is 5.48. The molecule has 0 spiro atoms. The Hall–Kier alpha value is -2.84. The summed E-state index contributed by atoms with van der Waals surface area (Å²) < 4.78 is 13.4. The first-order chi connectivity index (χ1) is 19.4. The number of nitrogens with one attached hydrogen (secondary N) is 2. The van der Waals surface area contributed by atoms with Gasteiger partial charge >= 0.3 is 0 Å². The van der Waals surface area contributed by atoms with E-state index in [0.29, 0.717) is 47.2 Å². The van der Waals surface area contributed by atoms with Crippen molar-refractivity contribution in [2.75, 3.05) is 23.8 Å². The van der Waals surface area contributed by atoms with Crippen molar-refractivity contribution in [2.45, 2.75) is 65.2 Å². The van der Waals surface area contributed by atoms with Gasteiger partial charge < -0.3 is 20.1 Å². The summed E-state index contributed by atoms with van der Waals surface area (Å²) in [6, 6.07) is 17.9. The molecule has 2 amide bonds. The van der Waals surface area contributed by atoms with Gasteiger partial charge in [-0.3, -0.25) is 9.59 Å². The van der Waals surface area contributed by atoms with E-state index in [4.69, 9.17) is 9.47 Å². The summed E-state index contributed by atoms with van der Waals surface area (Å²) in [5.41, 5.74) is 2.13. The molecule has 0 unspecified atom stereocenters. The van der Waals surface area contributed by atoms with Crippen LogP contribution < -0.4 is 20.1 Å². The van der Waals surface area contributed by atoms with Crippen molar-refractivity contribution in [3.05, 3.63) is 80.7 Å². The lowest BCUT2D eigenvalue weighted by atomic mass is 10.1. The highest BCUT2D eigenvalue weighted by molar-refractivity contribution is 9.10. The molecule has 6 nitrogen and oxygen atoms in total. The monoisotopic (exact) mass is 672 g/mol. The SMILES string of the molecule is CCCCCCOc1ccc(Br)cc1C(=O)Nc1ccc(NC(=O)c2cc(Br)ccc2OCCCCCC)cc1. The van der Waals surface area contributed by atoms with Crippen LogP contribution >= 0.6 is 31.9 Å². The standard InChI is InChI=1S/C32H38Br2N2O4/c1-3-5-7-9-19-39-29-17-11-23(33)21-27(29)31(37)35-25-13-15-26(16-14-25)36-32(38)28-22-24(34)12-18-30(28)40-20-10-8-6-4-2/h11-18,21-22H,3-10,19-20H2,1-2H3,(H,35,37)(H,36,38). The molecule has 3 rings (SSSR count). The summed E-state index contributed by atoms with van der Waals surface area (Å²) in [6.07, 6.45) is 8.77. The normalized spacial score (nSPS) is 10.7. The molecule has 0 radical (unpaired) electrons. The lowest BCUT2D eigenvalue weighted by Gasteiger charge is -2.14. The maximum Gasteiger partial charge on any atom is 0.259 e. The molecular weight excluding hydrogens is 636 g/mol. The zero-order valence-electron chi connectivity index (χ0n) is 23.2. The highest BCUT2D eigenvalue weighted by atomic mass is 79.9. The number of unbranched alkanes of at least 4 members (excludes halogenated alkanes) is 6. The van der Waals surface area contributed by atoms with Crippen molar-refractivity contribution in [2.24, 2.45) is 0 Å². The molecule has 0 aliphatic carbocycles. The number of benzene rings is 3. The fourth-order valence-electron chi connectivity index (χ4n) is 4.07. The van der Waals surface area contributed by atoms with Gasteiger partial charge in [0.15, 0.2) is 0 Å². The average Bonchev–Trinajstić information content (AvgIpc) is 2.95. The second kappa shape index (κ2) is 17.1. The summed E-state index contributed by atoms with van der Waals surface area (Å²) in [4.78, 5) is 26.2. The summed E-state index contributed by atoms with van der Waals surface area (Å²) in [7, 11) is 0. The molecule has 0 bridgehead atoms. The molecule has 0 aliphatic heterocycles. The fraction of sp³-hybridized carbons (Fsp3) is 0.375. The van der Waals surface area contributed by atoms with Gasteiger partial charge in [0.1, 0.15) is 11.5 Å². The number of carbonyl (C=O) groups is 2. The molecule has 2 N–H and O–H groups in total. The molecule has 0 heterocycles. The maximum atomic E-state index is 13.1. The van der Waals surface area contributed by atoms with Gasteiger partial charge in [0.2, 0.25) is 0 Å². The molecule has 0 fully saturated rings. The van der Waals surface area contributed by atoms with Crippen molar-refractivity contribution >= 4 is 55.0 Å². The zero-order valence-corrected chi connectivity index (χ0v) is 26.4. The maximum absolute atomic E-state index is 13.1. The highest BCUT2D eigenvalue weighted by Gasteiger charge is 2.16. The van der Waals surface area contributed by atoms with E-state index in [1.807, 2.05) is 24.3 Å². The van der Waals surface area contributed by atoms with Crippen molar-refractivity contribution in [1.82, 2.24) is 0 Å². The van der Waals surface area contributed by atoms with E-state index in [1.165, 1.54) is 12.8 Å². The number of carbonyl (C=O) groups excluding carboxylic acids is 2. The Morgan fingerprint density at radius 3 is 1.38 bits per heavy atom. The van der Waals surface area contributed by atoms with Crippen LogP contribution in [-0.2, 0) is 0 Å². The predicted molar refractivity (Wildman–Crippen MR) is 170 cm³/mol. The fourth-order valence-corrected chi connectivity index (χ4v) is 4.79. The van der Waals surface area contributed by atoms with Crippen LogP contribution in [0.2, 0.25) is 0 Å². The van der Waals surface area contributed by atoms with Gasteiger partial charge in [-0.1, -0.05) is 84.2 Å². The Labute approximate surface area is 254 Å². The Morgan fingerprint density at radius 1 is 0.600 bits per heavy atom. The van der Waals surface area contributed by atoms with Crippen molar-refractivity contribution < 1.29 is 19.1 Å². The Balaban J connectivity index is 1.61. The van der Waals surface area contributed by atoms with E-state index in [0.717, 1.165) is 47.5 Å². The van der Waals surface area contributed by atoms with Gasteiger partial charge in [0.25, 0.3) is 11.8 Å². The summed E-state index contributed by atoms with van der Waals surface area (Å²) in [5, 5.41) is 5.85. The van der Waals surface area contributed by atoms with Crippen molar-refractivity contribution in [3.63, 3.8) is 0 Å². The van der Waals surface area contributed by atoms with Crippen molar-refractivity contribution in [1.29, 1.82) is 0 Å². The largest absolute Gasteiger partial charge is 0.493 e. The smallest absolute Gasteiger partial charge is 0.259 e. The Bertz CT molecular complexity index is 1150. The number of halogens is 2. The quantitative estimate of drug-likeness (QED) is 0.148. The van der Waals surface area contributed by atoms with Crippen LogP contribution in [0.1, 0.15) is 85.9 Å². The van der Waals surface area contributed by atoms with E-state index in [9.17, 15) is 9.59 Å². The van der Waals surface area contributed by atoms with Gasteiger partial charge in [-0.05, 0) is 73.5 Å². The number of amides is 2. The molecule has 0 saturated carbocycles. The summed E-state index contributed by atoms with van der Waals surface area (Å²) in [5.74, 6) is 0.574.